The summed E-state index contributed by atoms with van der Waals surface area (Å²) in [5.74, 6) is 0. The van der Waals surface area contributed by atoms with E-state index in [4.69, 9.17) is 4.42 Å². The predicted molar refractivity (Wildman–Crippen MR) is 80.1 cm³/mol. The molecule has 2 rings (SSSR count). The summed E-state index contributed by atoms with van der Waals surface area (Å²) < 4.78 is 6.80. The molecule has 18 heavy (non-hydrogen) atoms. The molecule has 0 radical (unpaired) electrons. The van der Waals surface area contributed by atoms with Crippen LogP contribution in [0.3, 0.4) is 0 Å². The summed E-state index contributed by atoms with van der Waals surface area (Å²) in [6.45, 7) is 9.58. The Bertz CT molecular complexity index is 551. The molecular weight excluding hydrogens is 290 g/mol. The van der Waals surface area contributed by atoms with Crippen molar-refractivity contribution in [1.29, 1.82) is 0 Å². The zero-order chi connectivity index (χ0) is 13.3. The summed E-state index contributed by atoms with van der Waals surface area (Å²) in [6.07, 6.45) is 2.86. The van der Waals surface area contributed by atoms with Gasteiger partial charge in [-0.1, -0.05) is 22.0 Å². The number of rotatable bonds is 3. The Hall–Kier alpha value is -0.800. The summed E-state index contributed by atoms with van der Waals surface area (Å²) >= 11 is 3.61. The molecule has 98 valence electrons. The van der Waals surface area contributed by atoms with Gasteiger partial charge < -0.3 is 9.73 Å². The van der Waals surface area contributed by atoms with Gasteiger partial charge in [0.05, 0.1) is 6.26 Å². The monoisotopic (exact) mass is 309 g/mol. The molecule has 0 atom stereocenters. The molecule has 1 aromatic carbocycles. The lowest BCUT2D eigenvalue weighted by atomic mass is 10.1. The van der Waals surface area contributed by atoms with E-state index in [9.17, 15) is 0 Å². The molecule has 0 fully saturated rings. The largest absolute Gasteiger partial charge is 0.464 e. The van der Waals surface area contributed by atoms with Gasteiger partial charge in [-0.2, -0.15) is 0 Å². The lowest BCUT2D eigenvalue weighted by molar-refractivity contribution is 0.429. The smallest absolute Gasteiger partial charge is 0.138 e. The molecular formula is C15H20BrNO. The van der Waals surface area contributed by atoms with Crippen LogP contribution in [-0.2, 0) is 6.42 Å². The first-order valence-corrected chi connectivity index (χ1v) is 7.08. The number of hydrogen-bond acceptors (Lipinski definition) is 2. The van der Waals surface area contributed by atoms with Crippen molar-refractivity contribution in [2.45, 2.75) is 39.7 Å². The highest BCUT2D eigenvalue weighted by atomic mass is 79.9. The average Bonchev–Trinajstić information content (AvgIpc) is 2.67. The maximum absolute atomic E-state index is 5.69. The third-order valence-corrected chi connectivity index (χ3v) is 3.65. The highest BCUT2D eigenvalue weighted by molar-refractivity contribution is 9.10. The van der Waals surface area contributed by atoms with Crippen molar-refractivity contribution in [1.82, 2.24) is 5.32 Å². The second-order valence-electron chi connectivity index (χ2n) is 5.76. The normalized spacial score (nSPS) is 12.3. The van der Waals surface area contributed by atoms with E-state index in [1.54, 1.807) is 0 Å². The zero-order valence-electron chi connectivity index (χ0n) is 11.4. The molecule has 0 saturated heterocycles. The van der Waals surface area contributed by atoms with Crippen LogP contribution in [0.1, 0.15) is 31.9 Å². The van der Waals surface area contributed by atoms with Crippen LogP contribution in [0.15, 0.2) is 27.3 Å². The number of benzene rings is 1. The molecule has 1 N–H and O–H groups in total. The average molecular weight is 310 g/mol. The number of hydrogen-bond donors (Lipinski definition) is 1. The van der Waals surface area contributed by atoms with E-state index in [1.165, 1.54) is 16.5 Å². The van der Waals surface area contributed by atoms with Crippen molar-refractivity contribution >= 4 is 26.9 Å². The van der Waals surface area contributed by atoms with Crippen molar-refractivity contribution in [3.8, 4) is 0 Å². The highest BCUT2D eigenvalue weighted by Gasteiger charge is 2.13. The Morgan fingerprint density at radius 1 is 1.28 bits per heavy atom. The molecule has 0 bridgehead atoms. The van der Waals surface area contributed by atoms with Crippen LogP contribution in [0, 0.1) is 6.92 Å². The quantitative estimate of drug-likeness (QED) is 0.907. The molecule has 2 nitrogen and oxygen atoms in total. The van der Waals surface area contributed by atoms with E-state index < -0.39 is 0 Å². The minimum absolute atomic E-state index is 0.159. The molecule has 3 heteroatoms. The highest BCUT2D eigenvalue weighted by Crippen LogP contribution is 2.31. The van der Waals surface area contributed by atoms with Crippen LogP contribution in [0.5, 0.6) is 0 Å². The minimum atomic E-state index is 0.159. The van der Waals surface area contributed by atoms with Gasteiger partial charge in [-0.15, -0.1) is 0 Å². The van der Waals surface area contributed by atoms with Crippen molar-refractivity contribution in [3.05, 3.63) is 34.0 Å². The molecule has 0 aliphatic carbocycles. The van der Waals surface area contributed by atoms with Crippen LogP contribution in [0.2, 0.25) is 0 Å². The van der Waals surface area contributed by atoms with Crippen LogP contribution >= 0.6 is 15.9 Å². The van der Waals surface area contributed by atoms with Crippen molar-refractivity contribution < 1.29 is 4.42 Å². The Kier molecular flexibility index (Phi) is 3.83. The zero-order valence-corrected chi connectivity index (χ0v) is 13.0. The Labute approximate surface area is 117 Å². The summed E-state index contributed by atoms with van der Waals surface area (Å²) in [7, 11) is 0. The summed E-state index contributed by atoms with van der Waals surface area (Å²) in [5.41, 5.74) is 3.60. The van der Waals surface area contributed by atoms with E-state index in [2.05, 4.69) is 61.1 Å². The van der Waals surface area contributed by atoms with Crippen LogP contribution in [0.4, 0.5) is 0 Å². The fraction of sp³-hybridized carbons (Fsp3) is 0.467. The standard InChI is InChI=1S/C15H20BrNO/c1-10-5-6-12(16)13-11(9-18-14(10)13)7-8-17-15(2,3)4/h5-6,9,17H,7-8H2,1-4H3. The number of nitrogens with one attached hydrogen (secondary N) is 1. The van der Waals surface area contributed by atoms with Gasteiger partial charge in [0.15, 0.2) is 0 Å². The van der Waals surface area contributed by atoms with Gasteiger partial charge in [-0.05, 0) is 52.3 Å². The second-order valence-corrected chi connectivity index (χ2v) is 6.61. The minimum Gasteiger partial charge on any atom is -0.464 e. The summed E-state index contributed by atoms with van der Waals surface area (Å²) in [6, 6.07) is 4.17. The molecule has 1 aromatic heterocycles. The third-order valence-electron chi connectivity index (χ3n) is 2.99. The van der Waals surface area contributed by atoms with E-state index in [0.717, 1.165) is 23.0 Å². The fourth-order valence-electron chi connectivity index (χ4n) is 2.06. The van der Waals surface area contributed by atoms with Crippen molar-refractivity contribution in [3.63, 3.8) is 0 Å². The van der Waals surface area contributed by atoms with Crippen molar-refractivity contribution in [2.24, 2.45) is 0 Å². The molecule has 0 amide bonds. The Balaban J connectivity index is 2.22. The lowest BCUT2D eigenvalue weighted by Gasteiger charge is -2.20. The maximum Gasteiger partial charge on any atom is 0.138 e. The van der Waals surface area contributed by atoms with Crippen LogP contribution in [-0.4, -0.2) is 12.1 Å². The number of furan rings is 1. The molecule has 1 heterocycles. The lowest BCUT2D eigenvalue weighted by Crippen LogP contribution is -2.37. The van der Waals surface area contributed by atoms with Gasteiger partial charge in [0.2, 0.25) is 0 Å². The fourth-order valence-corrected chi connectivity index (χ4v) is 2.63. The molecule has 2 aromatic rings. The number of aryl methyl sites for hydroxylation is 1. The predicted octanol–water partition coefficient (Wildman–Crippen LogP) is 4.43. The van der Waals surface area contributed by atoms with Crippen LogP contribution < -0.4 is 5.32 Å². The molecule has 0 spiro atoms. The van der Waals surface area contributed by atoms with Gasteiger partial charge in [-0.25, -0.2) is 0 Å². The van der Waals surface area contributed by atoms with Gasteiger partial charge in [0.25, 0.3) is 0 Å². The first kappa shape index (κ1) is 13.6. The van der Waals surface area contributed by atoms with E-state index >= 15 is 0 Å². The topological polar surface area (TPSA) is 25.2 Å². The molecule has 0 aliphatic heterocycles. The Morgan fingerprint density at radius 3 is 2.67 bits per heavy atom. The third kappa shape index (κ3) is 2.96. The molecule has 0 saturated carbocycles. The number of halogens is 1. The van der Waals surface area contributed by atoms with E-state index in [0.29, 0.717) is 0 Å². The first-order chi connectivity index (χ1) is 8.38. The van der Waals surface area contributed by atoms with Crippen LogP contribution in [0.25, 0.3) is 11.0 Å². The van der Waals surface area contributed by atoms with Gasteiger partial charge in [0.1, 0.15) is 5.58 Å². The van der Waals surface area contributed by atoms with Gasteiger partial charge in [-0.3, -0.25) is 0 Å². The molecule has 0 unspecified atom stereocenters. The SMILES string of the molecule is Cc1ccc(Br)c2c(CCNC(C)(C)C)coc12. The van der Waals surface area contributed by atoms with Gasteiger partial charge >= 0.3 is 0 Å². The second kappa shape index (κ2) is 5.06. The first-order valence-electron chi connectivity index (χ1n) is 6.29. The molecule has 0 aliphatic rings. The summed E-state index contributed by atoms with van der Waals surface area (Å²) in [5, 5.41) is 4.72. The Morgan fingerprint density at radius 2 is 2.00 bits per heavy atom. The van der Waals surface area contributed by atoms with E-state index in [-0.39, 0.29) is 5.54 Å². The number of fused-ring (bicyclic) bond motifs is 1. The summed E-state index contributed by atoms with van der Waals surface area (Å²) in [4.78, 5) is 0. The maximum atomic E-state index is 5.69. The van der Waals surface area contributed by atoms with Crippen molar-refractivity contribution in [2.75, 3.05) is 6.54 Å². The van der Waals surface area contributed by atoms with Gasteiger partial charge in [0, 0.05) is 21.0 Å². The van der Waals surface area contributed by atoms with E-state index in [1.807, 2.05) is 6.26 Å².